The zero-order valence-corrected chi connectivity index (χ0v) is 3.83. The second-order valence-electron chi connectivity index (χ2n) is 0. The molecule has 5 heteroatoms. The molecule has 0 spiro atoms. The molecule has 0 aliphatic rings. The van der Waals surface area contributed by atoms with Gasteiger partial charge in [-0.15, -0.1) is 0 Å². The van der Waals surface area contributed by atoms with Gasteiger partial charge in [0.05, 0.1) is 0 Å². The summed E-state index contributed by atoms with van der Waals surface area (Å²) in [6.07, 6.45) is 0. The topological polar surface area (TPSA) is 86.6 Å². The van der Waals surface area contributed by atoms with Crippen LogP contribution in [0.2, 0.25) is 0 Å². The second-order valence-corrected chi connectivity index (χ2v) is 0. The molecule has 0 saturated carbocycles. The molecule has 0 aromatic heterocycles. The van der Waals surface area contributed by atoms with Gasteiger partial charge in [-0.1, -0.05) is 0 Å². The van der Waals surface area contributed by atoms with Crippen LogP contribution in [0, 0.1) is 0 Å². The molecule has 0 unspecified atom stereocenters. The van der Waals surface area contributed by atoms with Gasteiger partial charge in [-0.05, 0) is 0 Å². The van der Waals surface area contributed by atoms with Gasteiger partial charge in [0.15, 0.2) is 0 Å². The standard InChI is InChI=1S/Mg.2H2O2/c;2*1-2/h;2*1-2H/q+2;;/p-2. The van der Waals surface area contributed by atoms with Crippen LogP contribution in [-0.2, 0) is 0 Å². The molecule has 28 valence electrons. The van der Waals surface area contributed by atoms with Crippen molar-refractivity contribution < 1.29 is 21.0 Å². The summed E-state index contributed by atoms with van der Waals surface area (Å²) in [6.45, 7) is 0. The van der Waals surface area contributed by atoms with Gasteiger partial charge in [0.25, 0.3) is 0 Å². The fraction of sp³-hybridized carbons (Fsp3) is 0. The Kier molecular flexibility index (Phi) is 571. The van der Waals surface area contributed by atoms with Crippen molar-refractivity contribution in [3.05, 3.63) is 0 Å². The summed E-state index contributed by atoms with van der Waals surface area (Å²) in [5.41, 5.74) is 0. The average molecular weight is 90.3 g/mol. The number of hydrogen-bond donors (Lipinski definition) is 2. The van der Waals surface area contributed by atoms with Gasteiger partial charge in [0, 0.05) is 0 Å². The molecular formula is H2MgO4. The monoisotopic (exact) mass is 90.0 g/mol. The van der Waals surface area contributed by atoms with E-state index < -0.39 is 0 Å². The van der Waals surface area contributed by atoms with Crippen LogP contribution in [0.3, 0.4) is 0 Å². The molecule has 0 bridgehead atoms. The van der Waals surface area contributed by atoms with Crippen LogP contribution in [0.25, 0.3) is 0 Å². The molecule has 2 N–H and O–H groups in total. The van der Waals surface area contributed by atoms with E-state index in [1.165, 1.54) is 0 Å². The van der Waals surface area contributed by atoms with E-state index in [4.69, 9.17) is 21.0 Å². The predicted molar refractivity (Wildman–Crippen MR) is 11.0 cm³/mol. The summed E-state index contributed by atoms with van der Waals surface area (Å²) in [5, 5.41) is 26.0. The minimum atomic E-state index is 0. The van der Waals surface area contributed by atoms with Crippen LogP contribution in [0.5, 0.6) is 0 Å². The van der Waals surface area contributed by atoms with Gasteiger partial charge >= 0.3 is 23.1 Å². The van der Waals surface area contributed by atoms with Crippen LogP contribution in [0.1, 0.15) is 0 Å². The molecule has 0 rings (SSSR count). The smallest absolute Gasteiger partial charge is 0.727 e. The van der Waals surface area contributed by atoms with E-state index in [2.05, 4.69) is 0 Å². The van der Waals surface area contributed by atoms with Crippen molar-refractivity contribution in [1.82, 2.24) is 0 Å². The molecule has 0 radical (unpaired) electrons. The summed E-state index contributed by atoms with van der Waals surface area (Å²) >= 11 is 0. The van der Waals surface area contributed by atoms with Gasteiger partial charge < -0.3 is 21.0 Å². The number of rotatable bonds is 0. The molecule has 5 heavy (non-hydrogen) atoms. The molecular weight excluding hydrogens is 88.3 g/mol. The van der Waals surface area contributed by atoms with Crippen molar-refractivity contribution in [3.8, 4) is 0 Å². The number of hydrogen-bond acceptors (Lipinski definition) is 4. The van der Waals surface area contributed by atoms with Crippen molar-refractivity contribution in [2.75, 3.05) is 0 Å². The first-order valence-electron chi connectivity index (χ1n) is 0.365. The van der Waals surface area contributed by atoms with Crippen LogP contribution in [-0.4, -0.2) is 33.6 Å². The Morgan fingerprint density at radius 3 is 0.800 bits per heavy atom. The average Bonchev–Trinajstić information content (AvgIpc) is 1.50. The third-order valence-corrected chi connectivity index (χ3v) is 0. The Bertz CT molecular complexity index is 3.61. The van der Waals surface area contributed by atoms with Crippen molar-refractivity contribution in [2.24, 2.45) is 0 Å². The fourth-order valence-electron chi connectivity index (χ4n) is 0. The van der Waals surface area contributed by atoms with Crippen LogP contribution in [0.15, 0.2) is 0 Å². The first kappa shape index (κ1) is 17.5. The molecule has 4 nitrogen and oxygen atoms in total. The molecule has 0 aliphatic heterocycles. The molecule has 0 aromatic carbocycles. The zero-order chi connectivity index (χ0) is 4.00. The minimum absolute atomic E-state index is 0. The van der Waals surface area contributed by atoms with Crippen molar-refractivity contribution in [3.63, 3.8) is 0 Å². The molecule has 0 aromatic rings. The maximum absolute atomic E-state index is 7.25. The van der Waals surface area contributed by atoms with Gasteiger partial charge in [-0.2, -0.15) is 0 Å². The molecule has 0 amide bonds. The molecule has 0 aliphatic carbocycles. The summed E-state index contributed by atoms with van der Waals surface area (Å²) in [7, 11) is 0. The Morgan fingerprint density at radius 2 is 0.800 bits per heavy atom. The molecule has 0 heterocycles. The zero-order valence-electron chi connectivity index (χ0n) is 2.42. The van der Waals surface area contributed by atoms with Gasteiger partial charge in [0.2, 0.25) is 0 Å². The van der Waals surface area contributed by atoms with E-state index in [1.54, 1.807) is 0 Å². The quantitative estimate of drug-likeness (QED) is 0.192. The predicted octanol–water partition coefficient (Wildman–Crippen LogP) is -2.74. The maximum Gasteiger partial charge on any atom is 2.00 e. The van der Waals surface area contributed by atoms with E-state index in [9.17, 15) is 0 Å². The third kappa shape index (κ3) is 85.1. The Labute approximate surface area is 44.7 Å². The van der Waals surface area contributed by atoms with E-state index in [1.807, 2.05) is 0 Å². The Morgan fingerprint density at radius 1 is 0.800 bits per heavy atom. The van der Waals surface area contributed by atoms with Crippen molar-refractivity contribution >= 4 is 23.1 Å². The fourth-order valence-corrected chi connectivity index (χ4v) is 0. The molecule has 0 fully saturated rings. The normalized spacial score (nSPS) is 2.40. The van der Waals surface area contributed by atoms with Crippen molar-refractivity contribution in [2.45, 2.75) is 0 Å². The maximum atomic E-state index is 7.25. The third-order valence-electron chi connectivity index (χ3n) is 0. The first-order valence-corrected chi connectivity index (χ1v) is 0.365. The van der Waals surface area contributed by atoms with Crippen LogP contribution >= 0.6 is 0 Å². The van der Waals surface area contributed by atoms with E-state index in [0.717, 1.165) is 0 Å². The van der Waals surface area contributed by atoms with E-state index >= 15 is 0 Å². The summed E-state index contributed by atoms with van der Waals surface area (Å²) in [5.74, 6) is 0. The summed E-state index contributed by atoms with van der Waals surface area (Å²) < 4.78 is 0. The summed E-state index contributed by atoms with van der Waals surface area (Å²) in [6, 6.07) is 0. The van der Waals surface area contributed by atoms with Crippen LogP contribution in [0.4, 0.5) is 0 Å². The molecule has 0 atom stereocenters. The van der Waals surface area contributed by atoms with E-state index in [0.29, 0.717) is 0 Å². The SMILES string of the molecule is [Mg+2].[O-]O.[O-]O. The largest absolute Gasteiger partial charge is 2.00 e. The van der Waals surface area contributed by atoms with Crippen molar-refractivity contribution in [1.29, 1.82) is 0 Å². The second kappa shape index (κ2) is 163. The first-order chi connectivity index (χ1) is 2.00. The Hall–Kier alpha value is 0.606. The minimum Gasteiger partial charge on any atom is -0.727 e. The Balaban J connectivity index is -0.0000000133. The van der Waals surface area contributed by atoms with Crippen LogP contribution < -0.4 is 10.5 Å². The van der Waals surface area contributed by atoms with Gasteiger partial charge in [0.1, 0.15) is 0 Å². The summed E-state index contributed by atoms with van der Waals surface area (Å²) in [4.78, 5) is 0. The van der Waals surface area contributed by atoms with Gasteiger partial charge in [-0.3, -0.25) is 0 Å². The molecule has 0 saturated heterocycles. The van der Waals surface area contributed by atoms with E-state index in [-0.39, 0.29) is 23.1 Å². The van der Waals surface area contributed by atoms with Gasteiger partial charge in [-0.25, -0.2) is 0 Å².